The molecule has 1 radical (unpaired) electrons. The molecule has 0 aromatic heterocycles. The van der Waals surface area contributed by atoms with E-state index in [4.69, 9.17) is 0 Å². The number of nitrogens with one attached hydrogen (secondary N) is 1. The Hall–Kier alpha value is -0.790. The molecule has 0 aromatic carbocycles. The molecule has 0 saturated heterocycles. The lowest BCUT2D eigenvalue weighted by molar-refractivity contribution is -0.108. The van der Waals surface area contributed by atoms with Crippen molar-refractivity contribution in [2.45, 2.75) is 0 Å². The summed E-state index contributed by atoms with van der Waals surface area (Å²) in [6, 6.07) is 0. The zero-order valence-corrected chi connectivity index (χ0v) is 2.69. The van der Waals surface area contributed by atoms with Crippen LogP contribution in [0.3, 0.4) is 0 Å². The van der Waals surface area contributed by atoms with Crippen molar-refractivity contribution in [3.8, 4) is 0 Å². The predicted molar refractivity (Wildman–Crippen MR) is 18.1 cm³/mol. The summed E-state index contributed by atoms with van der Waals surface area (Å²) in [6.45, 7) is 3.08. The van der Waals surface area contributed by atoms with Gasteiger partial charge in [0.05, 0.1) is 6.20 Å². The van der Waals surface area contributed by atoms with Crippen LogP contribution in [-0.2, 0) is 4.79 Å². The molecular formula is C3H4NO. The van der Waals surface area contributed by atoms with Gasteiger partial charge in [0.2, 0.25) is 6.41 Å². The van der Waals surface area contributed by atoms with E-state index in [1.54, 1.807) is 0 Å². The third kappa shape index (κ3) is 3.21. The summed E-state index contributed by atoms with van der Waals surface area (Å²) in [5, 5.41) is 2.07. The van der Waals surface area contributed by atoms with Crippen molar-refractivity contribution in [3.05, 3.63) is 12.8 Å². The second-order valence-electron chi connectivity index (χ2n) is 0.439. The van der Waals surface area contributed by atoms with E-state index in [2.05, 4.69) is 18.1 Å². The fourth-order valence-electron chi connectivity index (χ4n) is 0.0417. The van der Waals surface area contributed by atoms with Gasteiger partial charge in [0.1, 0.15) is 0 Å². The summed E-state index contributed by atoms with van der Waals surface area (Å²) in [5.41, 5.74) is 0. The normalized spacial score (nSPS) is 5.60. The molecule has 0 spiro atoms. The van der Waals surface area contributed by atoms with Crippen LogP contribution in [0.2, 0.25) is 0 Å². The third-order valence-corrected chi connectivity index (χ3v) is 0.161. The van der Waals surface area contributed by atoms with Crippen molar-refractivity contribution in [1.29, 1.82) is 0 Å². The lowest BCUT2D eigenvalue weighted by Gasteiger charge is -1.68. The SMILES string of the molecule is C=[C]NC=O. The number of hydrogen-bond acceptors (Lipinski definition) is 1. The maximum absolute atomic E-state index is 9.19. The van der Waals surface area contributed by atoms with Crippen LogP contribution >= 0.6 is 0 Å². The van der Waals surface area contributed by atoms with Crippen molar-refractivity contribution in [2.75, 3.05) is 0 Å². The fourth-order valence-corrected chi connectivity index (χ4v) is 0.0417. The van der Waals surface area contributed by atoms with Gasteiger partial charge < -0.3 is 5.32 Å². The van der Waals surface area contributed by atoms with E-state index in [0.29, 0.717) is 6.41 Å². The second kappa shape index (κ2) is 3.21. The molecule has 0 aliphatic heterocycles. The molecule has 0 rings (SSSR count). The van der Waals surface area contributed by atoms with E-state index in [-0.39, 0.29) is 0 Å². The molecule has 2 nitrogen and oxygen atoms in total. The van der Waals surface area contributed by atoms with Gasteiger partial charge in [-0.05, 0) is 0 Å². The lowest BCUT2D eigenvalue weighted by Crippen LogP contribution is -1.97. The van der Waals surface area contributed by atoms with E-state index in [1.807, 2.05) is 0 Å². The zero-order chi connectivity index (χ0) is 4.12. The largest absolute Gasteiger partial charge is 0.327 e. The highest BCUT2D eigenvalue weighted by Gasteiger charge is 1.52. The van der Waals surface area contributed by atoms with Crippen LogP contribution in [0.5, 0.6) is 0 Å². The van der Waals surface area contributed by atoms with Crippen LogP contribution < -0.4 is 5.32 Å². The molecule has 0 aliphatic rings. The maximum atomic E-state index is 9.19. The Morgan fingerprint density at radius 3 is 2.60 bits per heavy atom. The molecule has 0 heterocycles. The summed E-state index contributed by atoms with van der Waals surface area (Å²) in [7, 11) is 0. The van der Waals surface area contributed by atoms with Gasteiger partial charge in [-0.25, -0.2) is 0 Å². The summed E-state index contributed by atoms with van der Waals surface area (Å²) in [5.74, 6) is 0. The minimum atomic E-state index is 0.507. The number of rotatable bonds is 2. The topological polar surface area (TPSA) is 29.1 Å². The van der Waals surface area contributed by atoms with Crippen LogP contribution in [0, 0.1) is 6.20 Å². The van der Waals surface area contributed by atoms with E-state index in [1.165, 1.54) is 0 Å². The standard InChI is InChI=1S/C3H4NO/c1-2-4-3-5/h3H,1H2,(H,4,5). The van der Waals surface area contributed by atoms with Crippen molar-refractivity contribution in [1.82, 2.24) is 5.32 Å². The highest BCUT2D eigenvalue weighted by Crippen LogP contribution is 1.32. The molecule has 0 fully saturated rings. The van der Waals surface area contributed by atoms with E-state index in [9.17, 15) is 4.79 Å². The van der Waals surface area contributed by atoms with E-state index in [0.717, 1.165) is 0 Å². The molecule has 0 saturated carbocycles. The van der Waals surface area contributed by atoms with E-state index >= 15 is 0 Å². The Kier molecular flexibility index (Phi) is 2.70. The Morgan fingerprint density at radius 2 is 2.60 bits per heavy atom. The first-order chi connectivity index (χ1) is 2.41. The molecule has 2 heteroatoms. The van der Waals surface area contributed by atoms with Gasteiger partial charge in [0.15, 0.2) is 0 Å². The van der Waals surface area contributed by atoms with Crippen LogP contribution in [0.1, 0.15) is 0 Å². The number of carbonyl (C=O) groups excluding carboxylic acids is 1. The molecule has 1 amide bonds. The fraction of sp³-hybridized carbons (Fsp3) is 0. The molecule has 0 atom stereocenters. The molecule has 0 bridgehead atoms. The second-order valence-corrected chi connectivity index (χ2v) is 0.439. The summed E-state index contributed by atoms with van der Waals surface area (Å²) in [6.07, 6.45) is 2.66. The van der Waals surface area contributed by atoms with Crippen molar-refractivity contribution < 1.29 is 4.79 Å². The predicted octanol–water partition coefficient (Wildman–Crippen LogP) is -0.321. The minimum Gasteiger partial charge on any atom is -0.327 e. The average Bonchev–Trinajstić information content (AvgIpc) is 1.41. The number of hydrogen-bond donors (Lipinski definition) is 1. The average molecular weight is 70.1 g/mol. The first-order valence-electron chi connectivity index (χ1n) is 1.13. The van der Waals surface area contributed by atoms with Crippen LogP contribution in [0.25, 0.3) is 0 Å². The Balaban J connectivity index is 2.65. The highest BCUT2D eigenvalue weighted by molar-refractivity contribution is 5.46. The van der Waals surface area contributed by atoms with Gasteiger partial charge >= 0.3 is 0 Å². The quantitative estimate of drug-likeness (QED) is 0.350. The van der Waals surface area contributed by atoms with Gasteiger partial charge in [-0.1, -0.05) is 6.58 Å². The van der Waals surface area contributed by atoms with Gasteiger partial charge in [0.25, 0.3) is 0 Å². The van der Waals surface area contributed by atoms with Gasteiger partial charge in [-0.3, -0.25) is 4.79 Å². The van der Waals surface area contributed by atoms with Crippen molar-refractivity contribution >= 4 is 6.41 Å². The maximum Gasteiger partial charge on any atom is 0.211 e. The highest BCUT2D eigenvalue weighted by atomic mass is 16.1. The molecule has 0 aliphatic carbocycles. The number of carbonyl (C=O) groups is 1. The first kappa shape index (κ1) is 4.21. The van der Waals surface area contributed by atoms with Crippen LogP contribution in [-0.4, -0.2) is 6.41 Å². The van der Waals surface area contributed by atoms with Crippen molar-refractivity contribution in [2.24, 2.45) is 0 Å². The van der Waals surface area contributed by atoms with Crippen molar-refractivity contribution in [3.63, 3.8) is 0 Å². The molecule has 5 heavy (non-hydrogen) atoms. The van der Waals surface area contributed by atoms with E-state index < -0.39 is 0 Å². The van der Waals surface area contributed by atoms with Crippen LogP contribution in [0.15, 0.2) is 6.58 Å². The summed E-state index contributed by atoms with van der Waals surface area (Å²) >= 11 is 0. The van der Waals surface area contributed by atoms with Gasteiger partial charge in [-0.15, -0.1) is 0 Å². The van der Waals surface area contributed by atoms with Gasteiger partial charge in [-0.2, -0.15) is 0 Å². The molecule has 1 N–H and O–H groups in total. The Morgan fingerprint density at radius 1 is 2.00 bits per heavy atom. The minimum absolute atomic E-state index is 0.507. The zero-order valence-electron chi connectivity index (χ0n) is 2.69. The first-order valence-corrected chi connectivity index (χ1v) is 1.13. The van der Waals surface area contributed by atoms with Crippen LogP contribution in [0.4, 0.5) is 0 Å². The lowest BCUT2D eigenvalue weighted by atomic mass is 11.0. The molecular weight excluding hydrogens is 66.0 g/mol. The molecule has 27 valence electrons. The summed E-state index contributed by atoms with van der Waals surface area (Å²) in [4.78, 5) is 9.19. The third-order valence-electron chi connectivity index (χ3n) is 0.161. The van der Waals surface area contributed by atoms with Gasteiger partial charge in [0, 0.05) is 0 Å². The Labute approximate surface area is 30.5 Å². The monoisotopic (exact) mass is 70.0 g/mol. The number of amides is 1. The molecule has 0 unspecified atom stereocenters. The Bertz CT molecular complexity index is 36.2. The smallest absolute Gasteiger partial charge is 0.211 e. The molecule has 0 aromatic rings. The summed E-state index contributed by atoms with van der Waals surface area (Å²) < 4.78 is 0.